The van der Waals surface area contributed by atoms with Crippen LogP contribution in [0.3, 0.4) is 0 Å². The van der Waals surface area contributed by atoms with E-state index in [9.17, 15) is 0 Å². The van der Waals surface area contributed by atoms with Crippen LogP contribution in [0.2, 0.25) is 0 Å². The van der Waals surface area contributed by atoms with Crippen LogP contribution in [-0.4, -0.2) is 0 Å². The predicted molar refractivity (Wildman–Crippen MR) is 95.5 cm³/mol. The summed E-state index contributed by atoms with van der Waals surface area (Å²) in [7, 11) is 0. The van der Waals surface area contributed by atoms with Gasteiger partial charge in [0.1, 0.15) is 0 Å². The average molecular weight is 409 g/mol. The fraction of sp³-hybridized carbons (Fsp3) is 0.333. The van der Waals surface area contributed by atoms with E-state index in [0.29, 0.717) is 5.92 Å². The number of aryl methyl sites for hydroxylation is 1. The molecule has 1 aliphatic rings. The Balaban J connectivity index is 1.81. The van der Waals surface area contributed by atoms with E-state index >= 15 is 0 Å². The molecule has 2 aromatic rings. The van der Waals surface area contributed by atoms with Crippen molar-refractivity contribution in [3.05, 3.63) is 68.1 Å². The Labute approximate surface area is 143 Å². The monoisotopic (exact) mass is 407 g/mol. The van der Waals surface area contributed by atoms with Crippen LogP contribution in [0.1, 0.15) is 47.9 Å². The zero-order valence-corrected chi connectivity index (χ0v) is 15.0. The highest BCUT2D eigenvalue weighted by molar-refractivity contribution is 9.11. The van der Waals surface area contributed by atoms with Gasteiger partial charge in [-0.15, -0.1) is 0 Å². The Morgan fingerprint density at radius 2 is 1.81 bits per heavy atom. The molecule has 1 nitrogen and oxygen atoms in total. The second kappa shape index (κ2) is 6.64. The van der Waals surface area contributed by atoms with Gasteiger partial charge in [0.05, 0.1) is 0 Å². The third kappa shape index (κ3) is 3.58. The van der Waals surface area contributed by atoms with Crippen molar-refractivity contribution in [2.45, 2.75) is 37.6 Å². The molecule has 0 saturated carbocycles. The molecular weight excluding hydrogens is 390 g/mol. The summed E-state index contributed by atoms with van der Waals surface area (Å²) in [5.74, 6) is 0.586. The quantitative estimate of drug-likeness (QED) is 0.690. The molecule has 21 heavy (non-hydrogen) atoms. The largest absolute Gasteiger partial charge is 0.324 e. The molecule has 1 aliphatic carbocycles. The van der Waals surface area contributed by atoms with Gasteiger partial charge in [-0.3, -0.25) is 0 Å². The molecule has 0 saturated heterocycles. The average Bonchev–Trinajstić information content (AvgIpc) is 2.46. The number of hydrogen-bond acceptors (Lipinski definition) is 1. The smallest absolute Gasteiger partial charge is 0.0301 e. The first-order chi connectivity index (χ1) is 10.1. The molecule has 3 rings (SSSR count). The van der Waals surface area contributed by atoms with E-state index in [1.165, 1.54) is 36.0 Å². The minimum Gasteiger partial charge on any atom is -0.324 e. The lowest BCUT2D eigenvalue weighted by Crippen LogP contribution is -2.18. The van der Waals surface area contributed by atoms with Crippen LogP contribution in [0.15, 0.2) is 51.4 Å². The Hall–Kier alpha value is -0.640. The van der Waals surface area contributed by atoms with E-state index in [-0.39, 0.29) is 6.04 Å². The first kappa shape index (κ1) is 15.3. The first-order valence-electron chi connectivity index (χ1n) is 7.43. The Bertz CT molecular complexity index is 619. The lowest BCUT2D eigenvalue weighted by Gasteiger charge is -2.28. The predicted octanol–water partition coefficient (Wildman–Crippen LogP) is 5.72. The summed E-state index contributed by atoms with van der Waals surface area (Å²) in [5, 5.41) is 0. The van der Waals surface area contributed by atoms with Crippen LogP contribution in [0.25, 0.3) is 0 Å². The van der Waals surface area contributed by atoms with Crippen molar-refractivity contribution in [2.24, 2.45) is 5.73 Å². The van der Waals surface area contributed by atoms with E-state index < -0.39 is 0 Å². The molecule has 0 radical (unpaired) electrons. The van der Waals surface area contributed by atoms with Crippen LogP contribution < -0.4 is 5.73 Å². The van der Waals surface area contributed by atoms with Gasteiger partial charge < -0.3 is 5.73 Å². The van der Waals surface area contributed by atoms with Gasteiger partial charge in [0.2, 0.25) is 0 Å². The van der Waals surface area contributed by atoms with E-state index in [4.69, 9.17) is 5.73 Å². The molecule has 2 unspecified atom stereocenters. The van der Waals surface area contributed by atoms with E-state index in [1.54, 1.807) is 0 Å². The molecule has 0 heterocycles. The Kier molecular flexibility index (Phi) is 4.82. The van der Waals surface area contributed by atoms with E-state index in [0.717, 1.165) is 15.4 Å². The standard InChI is InChI=1S/C18H19Br2N/c19-15-8-14(9-16(20)11-15)18(21)10-13-6-3-5-12-4-1-2-7-17(12)13/h1-2,4,7-9,11,13,18H,3,5-6,10,21H2. The Morgan fingerprint density at radius 3 is 2.57 bits per heavy atom. The maximum Gasteiger partial charge on any atom is 0.0301 e. The highest BCUT2D eigenvalue weighted by Crippen LogP contribution is 2.37. The molecular formula is C18H19Br2N. The van der Waals surface area contributed by atoms with Gasteiger partial charge in [0.15, 0.2) is 0 Å². The highest BCUT2D eigenvalue weighted by Gasteiger charge is 2.22. The van der Waals surface area contributed by atoms with Crippen molar-refractivity contribution >= 4 is 31.9 Å². The lowest BCUT2D eigenvalue weighted by atomic mass is 9.79. The molecule has 3 heteroatoms. The van der Waals surface area contributed by atoms with Gasteiger partial charge in [-0.05, 0) is 66.5 Å². The highest BCUT2D eigenvalue weighted by atomic mass is 79.9. The van der Waals surface area contributed by atoms with Gasteiger partial charge in [0.25, 0.3) is 0 Å². The van der Waals surface area contributed by atoms with Crippen molar-refractivity contribution in [3.8, 4) is 0 Å². The first-order valence-corrected chi connectivity index (χ1v) is 9.01. The lowest BCUT2D eigenvalue weighted by molar-refractivity contribution is 0.476. The summed E-state index contributed by atoms with van der Waals surface area (Å²) < 4.78 is 2.15. The Morgan fingerprint density at radius 1 is 1.10 bits per heavy atom. The zero-order valence-electron chi connectivity index (χ0n) is 11.9. The van der Waals surface area contributed by atoms with Crippen molar-refractivity contribution in [3.63, 3.8) is 0 Å². The molecule has 2 atom stereocenters. The number of halogens is 2. The van der Waals surface area contributed by atoms with Crippen LogP contribution in [0, 0.1) is 0 Å². The fourth-order valence-corrected chi connectivity index (χ4v) is 4.66. The van der Waals surface area contributed by atoms with Crippen molar-refractivity contribution in [1.29, 1.82) is 0 Å². The number of rotatable bonds is 3. The number of benzene rings is 2. The third-order valence-corrected chi connectivity index (χ3v) is 5.26. The summed E-state index contributed by atoms with van der Waals surface area (Å²) in [6, 6.07) is 15.2. The second-order valence-electron chi connectivity index (χ2n) is 5.83. The maximum absolute atomic E-state index is 6.48. The van der Waals surface area contributed by atoms with E-state index in [1.807, 2.05) is 6.07 Å². The van der Waals surface area contributed by atoms with Crippen molar-refractivity contribution in [2.75, 3.05) is 0 Å². The topological polar surface area (TPSA) is 26.0 Å². The van der Waals surface area contributed by atoms with Crippen LogP contribution >= 0.6 is 31.9 Å². The molecule has 2 N–H and O–H groups in total. The molecule has 110 valence electrons. The fourth-order valence-electron chi connectivity index (χ4n) is 3.33. The molecule has 0 aliphatic heterocycles. The van der Waals surface area contributed by atoms with Gasteiger partial charge in [-0.2, -0.15) is 0 Å². The minimum atomic E-state index is 0.0787. The molecule has 0 aromatic heterocycles. The molecule has 2 aromatic carbocycles. The molecule has 0 fully saturated rings. The van der Waals surface area contributed by atoms with Gasteiger partial charge >= 0.3 is 0 Å². The van der Waals surface area contributed by atoms with Crippen LogP contribution in [0.5, 0.6) is 0 Å². The summed E-state index contributed by atoms with van der Waals surface area (Å²) in [6.07, 6.45) is 4.75. The normalized spacial score (nSPS) is 19.1. The minimum absolute atomic E-state index is 0.0787. The second-order valence-corrected chi connectivity index (χ2v) is 7.66. The molecule has 0 amide bonds. The van der Waals surface area contributed by atoms with Gasteiger partial charge in [-0.25, -0.2) is 0 Å². The van der Waals surface area contributed by atoms with Crippen LogP contribution in [0.4, 0.5) is 0 Å². The number of nitrogens with two attached hydrogens (primary N) is 1. The van der Waals surface area contributed by atoms with Crippen LogP contribution in [-0.2, 0) is 6.42 Å². The molecule has 0 spiro atoms. The summed E-state index contributed by atoms with van der Waals surface area (Å²) >= 11 is 7.09. The zero-order chi connectivity index (χ0) is 14.8. The number of hydrogen-bond donors (Lipinski definition) is 1. The molecule has 0 bridgehead atoms. The summed E-state index contributed by atoms with van der Waals surface area (Å²) in [5.41, 5.74) is 10.7. The SMILES string of the molecule is NC(CC1CCCc2ccccc21)c1cc(Br)cc(Br)c1. The third-order valence-electron chi connectivity index (χ3n) is 4.35. The van der Waals surface area contributed by atoms with Crippen molar-refractivity contribution in [1.82, 2.24) is 0 Å². The maximum atomic E-state index is 6.48. The number of fused-ring (bicyclic) bond motifs is 1. The summed E-state index contributed by atoms with van der Waals surface area (Å²) in [6.45, 7) is 0. The van der Waals surface area contributed by atoms with E-state index in [2.05, 4.69) is 68.3 Å². The van der Waals surface area contributed by atoms with Gasteiger partial charge in [-0.1, -0.05) is 56.1 Å². The van der Waals surface area contributed by atoms with Gasteiger partial charge in [0, 0.05) is 15.0 Å². The summed E-state index contributed by atoms with van der Waals surface area (Å²) in [4.78, 5) is 0. The van der Waals surface area contributed by atoms with Crippen molar-refractivity contribution < 1.29 is 0 Å².